The summed E-state index contributed by atoms with van der Waals surface area (Å²) in [7, 11) is -3.54. The van der Waals surface area contributed by atoms with Crippen molar-refractivity contribution in [3.63, 3.8) is 0 Å². The average molecular weight is 397 g/mol. The molecule has 26 heavy (non-hydrogen) atoms. The summed E-state index contributed by atoms with van der Waals surface area (Å²) in [6.45, 7) is 0.570. The van der Waals surface area contributed by atoms with Gasteiger partial charge in [0.05, 0.1) is 15.5 Å². The van der Waals surface area contributed by atoms with E-state index in [-0.39, 0.29) is 34.6 Å². The first-order chi connectivity index (χ1) is 12.4. The quantitative estimate of drug-likeness (QED) is 0.863. The van der Waals surface area contributed by atoms with E-state index < -0.39 is 21.7 Å². The Labute approximate surface area is 156 Å². The van der Waals surface area contributed by atoms with Crippen LogP contribution in [0.5, 0.6) is 0 Å². The summed E-state index contributed by atoms with van der Waals surface area (Å²) < 4.78 is 40.4. The number of hydrogen-bond donors (Lipinski definition) is 1. The second-order valence-corrected chi connectivity index (χ2v) is 8.41. The van der Waals surface area contributed by atoms with E-state index in [2.05, 4.69) is 5.32 Å². The van der Waals surface area contributed by atoms with Crippen LogP contribution in [0, 0.1) is 5.82 Å². The fraction of sp³-hybridized carbons (Fsp3) is 0.278. The number of rotatable bonds is 4. The van der Waals surface area contributed by atoms with Gasteiger partial charge in [-0.3, -0.25) is 4.79 Å². The van der Waals surface area contributed by atoms with Crippen LogP contribution >= 0.6 is 11.6 Å². The molecule has 1 amide bonds. The van der Waals surface area contributed by atoms with Gasteiger partial charge in [0, 0.05) is 19.1 Å². The van der Waals surface area contributed by atoms with Gasteiger partial charge >= 0.3 is 0 Å². The van der Waals surface area contributed by atoms with E-state index in [0.717, 1.165) is 0 Å². The van der Waals surface area contributed by atoms with Crippen molar-refractivity contribution in [3.8, 4) is 0 Å². The van der Waals surface area contributed by atoms with Crippen molar-refractivity contribution in [1.82, 2.24) is 9.62 Å². The standard InChI is InChI=1S/C18H18ClFN2O3S/c19-15-7-4-8-16(20)17(15)18(23)21-13-9-11-22(12-10-13)26(24,25)14-5-2-1-3-6-14/h1-8,13H,9-12H2,(H,21,23). The van der Waals surface area contributed by atoms with Crippen molar-refractivity contribution in [2.45, 2.75) is 23.8 Å². The lowest BCUT2D eigenvalue weighted by atomic mass is 10.1. The van der Waals surface area contributed by atoms with Crippen LogP contribution in [0.1, 0.15) is 23.2 Å². The third-order valence-electron chi connectivity index (χ3n) is 4.36. The Morgan fingerprint density at radius 3 is 2.35 bits per heavy atom. The topological polar surface area (TPSA) is 66.5 Å². The van der Waals surface area contributed by atoms with E-state index in [1.165, 1.54) is 22.5 Å². The minimum atomic E-state index is -3.54. The molecule has 1 saturated heterocycles. The highest BCUT2D eigenvalue weighted by molar-refractivity contribution is 7.89. The van der Waals surface area contributed by atoms with E-state index in [9.17, 15) is 17.6 Å². The number of hydrogen-bond acceptors (Lipinski definition) is 3. The molecule has 0 aromatic heterocycles. The first-order valence-corrected chi connectivity index (χ1v) is 10.0. The Morgan fingerprint density at radius 1 is 1.08 bits per heavy atom. The molecule has 1 fully saturated rings. The summed E-state index contributed by atoms with van der Waals surface area (Å²) >= 11 is 5.90. The first-order valence-electron chi connectivity index (χ1n) is 8.19. The van der Waals surface area contributed by atoms with E-state index in [0.29, 0.717) is 12.8 Å². The number of halogens is 2. The Morgan fingerprint density at radius 2 is 1.73 bits per heavy atom. The van der Waals surface area contributed by atoms with Crippen molar-refractivity contribution in [2.24, 2.45) is 0 Å². The normalized spacial score (nSPS) is 16.4. The number of nitrogens with zero attached hydrogens (tertiary/aromatic N) is 1. The van der Waals surface area contributed by atoms with Gasteiger partial charge < -0.3 is 5.32 Å². The molecule has 138 valence electrons. The number of sulfonamides is 1. The highest BCUT2D eigenvalue weighted by Crippen LogP contribution is 2.22. The summed E-state index contributed by atoms with van der Waals surface area (Å²) in [4.78, 5) is 12.5. The van der Waals surface area contributed by atoms with Crippen LogP contribution in [0.25, 0.3) is 0 Å². The second-order valence-electron chi connectivity index (χ2n) is 6.06. The van der Waals surface area contributed by atoms with Gasteiger partial charge in [0.15, 0.2) is 0 Å². The van der Waals surface area contributed by atoms with Gasteiger partial charge in [0.1, 0.15) is 5.82 Å². The average Bonchev–Trinajstić information content (AvgIpc) is 2.63. The van der Waals surface area contributed by atoms with E-state index >= 15 is 0 Å². The molecule has 0 atom stereocenters. The highest BCUT2D eigenvalue weighted by Gasteiger charge is 2.30. The van der Waals surface area contributed by atoms with Crippen molar-refractivity contribution in [1.29, 1.82) is 0 Å². The maximum Gasteiger partial charge on any atom is 0.255 e. The number of carbonyl (C=O) groups is 1. The lowest BCUT2D eigenvalue weighted by Gasteiger charge is -2.31. The van der Waals surface area contributed by atoms with Crippen molar-refractivity contribution >= 4 is 27.5 Å². The van der Waals surface area contributed by atoms with Crippen LogP contribution < -0.4 is 5.32 Å². The molecule has 8 heteroatoms. The SMILES string of the molecule is O=C(NC1CCN(S(=O)(=O)c2ccccc2)CC1)c1c(F)cccc1Cl. The third kappa shape index (κ3) is 3.90. The molecule has 2 aromatic rings. The van der Waals surface area contributed by atoms with Crippen LogP contribution in [0.3, 0.4) is 0 Å². The fourth-order valence-electron chi connectivity index (χ4n) is 2.95. The maximum absolute atomic E-state index is 13.8. The number of piperidine rings is 1. The molecule has 0 bridgehead atoms. The summed E-state index contributed by atoms with van der Waals surface area (Å²) in [5.41, 5.74) is -0.187. The van der Waals surface area contributed by atoms with Gasteiger partial charge in [0.25, 0.3) is 5.91 Å². The first kappa shape index (κ1) is 18.8. The zero-order chi connectivity index (χ0) is 18.7. The summed E-state index contributed by atoms with van der Waals surface area (Å²) in [5, 5.41) is 2.79. The molecule has 2 aromatic carbocycles. The van der Waals surface area contributed by atoms with Crippen molar-refractivity contribution in [3.05, 3.63) is 64.9 Å². The lowest BCUT2D eigenvalue weighted by molar-refractivity contribution is 0.0920. The summed E-state index contributed by atoms with van der Waals surface area (Å²) in [5.74, 6) is -1.27. The highest BCUT2D eigenvalue weighted by atomic mass is 35.5. The second kappa shape index (κ2) is 7.73. The molecule has 5 nitrogen and oxygen atoms in total. The molecule has 1 aliphatic rings. The maximum atomic E-state index is 13.8. The molecule has 3 rings (SSSR count). The predicted octanol–water partition coefficient (Wildman–Crippen LogP) is 3.06. The van der Waals surface area contributed by atoms with Crippen molar-refractivity contribution in [2.75, 3.05) is 13.1 Å². The number of nitrogens with one attached hydrogen (secondary N) is 1. The number of amides is 1. The largest absolute Gasteiger partial charge is 0.349 e. The van der Waals surface area contributed by atoms with E-state index in [4.69, 9.17) is 11.6 Å². The zero-order valence-corrected chi connectivity index (χ0v) is 15.4. The molecule has 1 N–H and O–H groups in total. The molecule has 0 spiro atoms. The lowest BCUT2D eigenvalue weighted by Crippen LogP contribution is -2.46. The van der Waals surface area contributed by atoms with Crippen LogP contribution in [0.2, 0.25) is 5.02 Å². The Kier molecular flexibility index (Phi) is 5.60. The van der Waals surface area contributed by atoms with Crippen LogP contribution in [0.4, 0.5) is 4.39 Å². The molecular weight excluding hydrogens is 379 g/mol. The number of benzene rings is 2. The van der Waals surface area contributed by atoms with E-state index in [1.807, 2.05) is 0 Å². The molecule has 1 aliphatic heterocycles. The molecule has 0 saturated carbocycles. The smallest absolute Gasteiger partial charge is 0.255 e. The van der Waals surface area contributed by atoms with E-state index in [1.54, 1.807) is 30.3 Å². The van der Waals surface area contributed by atoms with Crippen LogP contribution in [-0.4, -0.2) is 37.8 Å². The molecular formula is C18H18ClFN2O3S. The molecule has 0 radical (unpaired) electrons. The third-order valence-corrected chi connectivity index (χ3v) is 6.59. The van der Waals surface area contributed by atoms with Gasteiger partial charge in [-0.1, -0.05) is 35.9 Å². The van der Waals surface area contributed by atoms with Gasteiger partial charge in [0.2, 0.25) is 10.0 Å². The summed E-state index contributed by atoms with van der Waals surface area (Å²) in [6, 6.07) is 12.1. The predicted molar refractivity (Wildman–Crippen MR) is 97.1 cm³/mol. The zero-order valence-electron chi connectivity index (χ0n) is 13.9. The minimum Gasteiger partial charge on any atom is -0.349 e. The van der Waals surface area contributed by atoms with Crippen molar-refractivity contribution < 1.29 is 17.6 Å². The molecule has 1 heterocycles. The fourth-order valence-corrected chi connectivity index (χ4v) is 4.69. The summed E-state index contributed by atoms with van der Waals surface area (Å²) in [6.07, 6.45) is 0.897. The van der Waals surface area contributed by atoms with Gasteiger partial charge in [-0.25, -0.2) is 12.8 Å². The van der Waals surface area contributed by atoms with Gasteiger partial charge in [-0.15, -0.1) is 0 Å². The molecule has 0 aliphatic carbocycles. The Bertz CT molecular complexity index is 878. The number of carbonyl (C=O) groups excluding carboxylic acids is 1. The monoisotopic (exact) mass is 396 g/mol. The van der Waals surface area contributed by atoms with Gasteiger partial charge in [-0.05, 0) is 37.1 Å². The van der Waals surface area contributed by atoms with Gasteiger partial charge in [-0.2, -0.15) is 4.31 Å². The van der Waals surface area contributed by atoms with Crippen LogP contribution in [0.15, 0.2) is 53.4 Å². The Balaban J connectivity index is 1.63. The minimum absolute atomic E-state index is 0.0478. The molecule has 0 unspecified atom stereocenters. The Hall–Kier alpha value is -1.96. The van der Waals surface area contributed by atoms with Crippen LogP contribution in [-0.2, 0) is 10.0 Å².